The molecule has 1 N–H and O–H groups in total. The zero-order chi connectivity index (χ0) is 27.5. The van der Waals surface area contributed by atoms with E-state index in [9.17, 15) is 18.8 Å². The Hall–Kier alpha value is -3.59. The molecule has 3 aliphatic rings. The summed E-state index contributed by atoms with van der Waals surface area (Å²) in [5, 5.41) is 4.05. The van der Waals surface area contributed by atoms with Crippen molar-refractivity contribution >= 4 is 45.8 Å². The van der Waals surface area contributed by atoms with E-state index in [0.717, 1.165) is 41.8 Å². The molecule has 2 unspecified atom stereocenters. The summed E-state index contributed by atoms with van der Waals surface area (Å²) in [4.78, 5) is 50.9. The topological polar surface area (TPSA) is 96.7 Å². The molecule has 1 saturated carbocycles. The number of halogens is 2. The number of alkyl halides is 1. The van der Waals surface area contributed by atoms with Crippen LogP contribution in [0.5, 0.6) is 0 Å². The first kappa shape index (κ1) is 25.7. The first-order chi connectivity index (χ1) is 18.6. The minimum Gasteiger partial charge on any atom is -0.348 e. The highest BCUT2D eigenvalue weighted by atomic mass is 35.5. The number of nitrogens with zero attached hydrogens (tertiary/aromatic N) is 4. The molecule has 0 radical (unpaired) electrons. The summed E-state index contributed by atoms with van der Waals surface area (Å²) in [5.41, 5.74) is 1.84. The van der Waals surface area contributed by atoms with E-state index in [1.165, 1.54) is 16.4 Å². The van der Waals surface area contributed by atoms with Gasteiger partial charge in [-0.1, -0.05) is 30.7 Å². The van der Waals surface area contributed by atoms with Gasteiger partial charge in [0.25, 0.3) is 11.5 Å². The Bertz CT molecular complexity index is 1590. The van der Waals surface area contributed by atoms with Crippen LogP contribution < -0.4 is 10.9 Å². The summed E-state index contributed by atoms with van der Waals surface area (Å²) in [7, 11) is 0. The monoisotopic (exact) mass is 549 g/mol. The average Bonchev–Trinajstić information content (AvgIpc) is 3.28. The van der Waals surface area contributed by atoms with Gasteiger partial charge in [-0.15, -0.1) is 0 Å². The molecule has 3 aromatic rings. The number of amides is 2. The third-order valence-corrected chi connectivity index (χ3v) is 8.28. The maximum atomic E-state index is 14.1. The first-order valence-corrected chi connectivity index (χ1v) is 13.6. The lowest BCUT2D eigenvalue weighted by atomic mass is 9.75. The molecule has 10 heteroatoms. The van der Waals surface area contributed by atoms with E-state index >= 15 is 0 Å². The molecule has 2 amide bonds. The van der Waals surface area contributed by atoms with Crippen LogP contribution in [0, 0.1) is 5.92 Å². The van der Waals surface area contributed by atoms with Gasteiger partial charge in [0.15, 0.2) is 0 Å². The molecule has 2 fully saturated rings. The summed E-state index contributed by atoms with van der Waals surface area (Å²) in [5.74, 6) is -0.519. The van der Waals surface area contributed by atoms with Crippen molar-refractivity contribution < 1.29 is 14.0 Å². The van der Waals surface area contributed by atoms with E-state index in [0.29, 0.717) is 22.0 Å². The highest BCUT2D eigenvalue weighted by Gasteiger charge is 2.42. The molecule has 6 rings (SSSR count). The Morgan fingerprint density at radius 2 is 1.97 bits per heavy atom. The molecule has 8 nitrogen and oxygen atoms in total. The molecule has 4 heterocycles. The van der Waals surface area contributed by atoms with E-state index in [-0.39, 0.29) is 37.7 Å². The molecule has 39 heavy (non-hydrogen) atoms. The molecular formula is C29H29ClFN5O3. The van der Waals surface area contributed by atoms with Crippen molar-refractivity contribution in [2.45, 2.75) is 57.8 Å². The maximum Gasteiger partial charge on any atom is 0.265 e. The van der Waals surface area contributed by atoms with Crippen molar-refractivity contribution in [3.8, 4) is 0 Å². The molecule has 0 bridgehead atoms. The number of nitrogens with one attached hydrogen (secondary N) is 1. The van der Waals surface area contributed by atoms with Gasteiger partial charge in [-0.05, 0) is 61.4 Å². The number of aliphatic imine (C=N–C) groups is 1. The van der Waals surface area contributed by atoms with Crippen molar-refractivity contribution in [3.05, 3.63) is 68.6 Å². The Kier molecular flexibility index (Phi) is 6.29. The van der Waals surface area contributed by atoms with E-state index in [1.54, 1.807) is 36.5 Å². The van der Waals surface area contributed by atoms with Crippen LogP contribution >= 0.6 is 11.6 Å². The lowest BCUT2D eigenvalue weighted by molar-refractivity contribution is -0.144. The number of hydrogen-bond donors (Lipinski definition) is 1. The Morgan fingerprint density at radius 3 is 2.69 bits per heavy atom. The lowest BCUT2D eigenvalue weighted by Gasteiger charge is -2.42. The number of aromatic nitrogens is 2. The molecule has 0 spiro atoms. The predicted octanol–water partition coefficient (Wildman–Crippen LogP) is 4.54. The second kappa shape index (κ2) is 9.55. The van der Waals surface area contributed by atoms with Crippen LogP contribution in [0.15, 0.2) is 46.3 Å². The molecule has 2 aromatic heterocycles. The molecule has 2 atom stereocenters. The van der Waals surface area contributed by atoms with Crippen molar-refractivity contribution in [1.29, 1.82) is 0 Å². The van der Waals surface area contributed by atoms with E-state index in [4.69, 9.17) is 16.6 Å². The number of pyridine rings is 2. The minimum absolute atomic E-state index is 0.0284. The molecule has 202 valence electrons. The van der Waals surface area contributed by atoms with Gasteiger partial charge in [0.1, 0.15) is 23.4 Å². The third-order valence-electron chi connectivity index (χ3n) is 8.03. The Balaban J connectivity index is 1.42. The van der Waals surface area contributed by atoms with Gasteiger partial charge >= 0.3 is 0 Å². The van der Waals surface area contributed by atoms with Crippen molar-refractivity contribution in [2.75, 3.05) is 13.1 Å². The second-order valence-corrected chi connectivity index (χ2v) is 11.6. The highest BCUT2D eigenvalue weighted by Crippen LogP contribution is 2.47. The highest BCUT2D eigenvalue weighted by molar-refractivity contribution is 6.30. The minimum atomic E-state index is -1.43. The fraction of sp³-hybridized carbons (Fsp3) is 0.414. The summed E-state index contributed by atoms with van der Waals surface area (Å²) in [6.45, 7) is 3.45. The molecule has 2 aliphatic heterocycles. The molecular weight excluding hydrogens is 521 g/mol. The summed E-state index contributed by atoms with van der Waals surface area (Å²) < 4.78 is 15.4. The fourth-order valence-electron chi connectivity index (χ4n) is 6.08. The van der Waals surface area contributed by atoms with Crippen molar-refractivity contribution in [2.24, 2.45) is 10.9 Å². The van der Waals surface area contributed by atoms with Gasteiger partial charge in [0, 0.05) is 28.6 Å². The van der Waals surface area contributed by atoms with Crippen LogP contribution in [0.1, 0.15) is 60.5 Å². The summed E-state index contributed by atoms with van der Waals surface area (Å²) in [6, 6.07) is 8.66. The average molecular weight is 550 g/mol. The van der Waals surface area contributed by atoms with E-state index in [1.807, 2.05) is 0 Å². The Labute approximate surface area is 229 Å². The third kappa shape index (κ3) is 4.62. The SMILES string of the molecule is CC1CCCC2=Nc3cnc4c(cc(C(=O)NCc5ccc(Cl)cc5)c(=O)n4CC(=O)N4CC(C)(F)C4)c3C21. The van der Waals surface area contributed by atoms with E-state index in [2.05, 4.69) is 17.2 Å². The first-order valence-electron chi connectivity index (χ1n) is 13.2. The van der Waals surface area contributed by atoms with Crippen LogP contribution in [-0.2, 0) is 17.9 Å². The van der Waals surface area contributed by atoms with Crippen molar-refractivity contribution in [3.63, 3.8) is 0 Å². The number of carbonyl (C=O) groups excluding carboxylic acids is 2. The molecule has 1 aliphatic carbocycles. The maximum absolute atomic E-state index is 14.1. The smallest absolute Gasteiger partial charge is 0.265 e. The van der Waals surface area contributed by atoms with Gasteiger partial charge in [-0.25, -0.2) is 9.37 Å². The predicted molar refractivity (Wildman–Crippen MR) is 148 cm³/mol. The number of likely N-dealkylation sites (tertiary alicyclic amines) is 1. The lowest BCUT2D eigenvalue weighted by Crippen LogP contribution is -2.60. The van der Waals surface area contributed by atoms with Gasteiger partial charge in [-0.3, -0.25) is 23.9 Å². The Morgan fingerprint density at radius 1 is 1.23 bits per heavy atom. The van der Waals surface area contributed by atoms with Gasteiger partial charge in [0.05, 0.1) is 25.0 Å². The number of hydrogen-bond acceptors (Lipinski definition) is 5. The van der Waals surface area contributed by atoms with Crippen molar-refractivity contribution in [1.82, 2.24) is 19.8 Å². The summed E-state index contributed by atoms with van der Waals surface area (Å²) in [6.07, 6.45) is 4.67. The zero-order valence-electron chi connectivity index (χ0n) is 21.8. The number of rotatable bonds is 5. The fourth-order valence-corrected chi connectivity index (χ4v) is 6.20. The number of carbonyl (C=O) groups is 2. The van der Waals surface area contributed by atoms with Crippen LogP contribution in [0.25, 0.3) is 11.0 Å². The van der Waals surface area contributed by atoms with Gasteiger partial charge < -0.3 is 10.2 Å². The second-order valence-electron chi connectivity index (χ2n) is 11.2. The standard InChI is InChI=1S/C29H29ClFN5O3/c1-16-4-3-5-21-24(16)25-19-10-20(27(38)33-11-17-6-8-18(30)9-7-17)28(39)36(26(19)32-12-22(25)34-21)13-23(37)35-14-29(2,31)15-35/h6-10,12,16,24H,3-5,11,13-15H2,1-2H3,(H,33,38). The quantitative estimate of drug-likeness (QED) is 0.505. The zero-order valence-corrected chi connectivity index (χ0v) is 22.6. The normalized spacial score (nSPS) is 21.1. The molecule has 1 aromatic carbocycles. The largest absolute Gasteiger partial charge is 0.348 e. The van der Waals surface area contributed by atoms with Crippen LogP contribution in [-0.4, -0.2) is 50.7 Å². The van der Waals surface area contributed by atoms with Crippen LogP contribution in [0.4, 0.5) is 10.1 Å². The van der Waals surface area contributed by atoms with E-state index < -0.39 is 23.0 Å². The van der Waals surface area contributed by atoms with Gasteiger partial charge in [-0.2, -0.15) is 0 Å². The van der Waals surface area contributed by atoms with Crippen LogP contribution in [0.2, 0.25) is 5.02 Å². The number of fused-ring (bicyclic) bond motifs is 5. The van der Waals surface area contributed by atoms with Gasteiger partial charge in [0.2, 0.25) is 5.91 Å². The molecule has 1 saturated heterocycles. The number of benzene rings is 1. The summed E-state index contributed by atoms with van der Waals surface area (Å²) >= 11 is 5.96. The van der Waals surface area contributed by atoms with Crippen LogP contribution in [0.3, 0.4) is 0 Å².